The van der Waals surface area contributed by atoms with Crippen LogP contribution in [0, 0.1) is 5.41 Å². The van der Waals surface area contributed by atoms with Crippen molar-refractivity contribution in [2.24, 2.45) is 5.41 Å². The van der Waals surface area contributed by atoms with Crippen molar-refractivity contribution in [3.63, 3.8) is 0 Å². The molecule has 1 rings (SSSR count). The molecule has 0 N–H and O–H groups in total. The van der Waals surface area contributed by atoms with E-state index in [4.69, 9.17) is 0 Å². The van der Waals surface area contributed by atoms with Gasteiger partial charge in [0.1, 0.15) is 0 Å². The van der Waals surface area contributed by atoms with Crippen molar-refractivity contribution in [1.82, 2.24) is 0 Å². The third-order valence-electron chi connectivity index (χ3n) is 3.67. The van der Waals surface area contributed by atoms with Gasteiger partial charge in [-0.3, -0.25) is 0 Å². The van der Waals surface area contributed by atoms with Crippen LogP contribution >= 0.6 is 0 Å². The van der Waals surface area contributed by atoms with Gasteiger partial charge in [-0.2, -0.15) is 0 Å². The Morgan fingerprint density at radius 1 is 1.23 bits per heavy atom. The van der Waals surface area contributed by atoms with E-state index in [0.717, 1.165) is 0 Å². The summed E-state index contributed by atoms with van der Waals surface area (Å²) in [6.07, 6.45) is 12.0. The summed E-state index contributed by atoms with van der Waals surface area (Å²) in [4.78, 5) is 0. The van der Waals surface area contributed by atoms with Gasteiger partial charge < -0.3 is 0 Å². The molecule has 76 valence electrons. The van der Waals surface area contributed by atoms with Gasteiger partial charge in [0, 0.05) is 0 Å². The molecule has 0 aliphatic heterocycles. The molecule has 1 aliphatic carbocycles. The first-order chi connectivity index (χ1) is 6.20. The molecule has 0 heteroatoms. The summed E-state index contributed by atoms with van der Waals surface area (Å²) in [5, 5.41) is 0. The zero-order chi connectivity index (χ0) is 9.73. The van der Waals surface area contributed by atoms with E-state index in [0.29, 0.717) is 5.41 Å². The Morgan fingerprint density at radius 3 is 2.31 bits per heavy atom. The Hall–Kier alpha value is -0.260. The summed E-state index contributed by atoms with van der Waals surface area (Å²) < 4.78 is 0. The second-order valence-electron chi connectivity index (χ2n) is 4.82. The van der Waals surface area contributed by atoms with E-state index in [-0.39, 0.29) is 0 Å². The fourth-order valence-corrected chi connectivity index (χ4v) is 2.08. The molecule has 0 bridgehead atoms. The Bertz CT molecular complexity index is 166. The molecular weight excluding hydrogens is 156 g/mol. The Balaban J connectivity index is 2.38. The Morgan fingerprint density at radius 2 is 1.85 bits per heavy atom. The van der Waals surface area contributed by atoms with E-state index in [2.05, 4.69) is 26.8 Å². The van der Waals surface area contributed by atoms with Crippen LogP contribution in [0.2, 0.25) is 0 Å². The highest BCUT2D eigenvalue weighted by Gasteiger charge is 2.25. The van der Waals surface area contributed by atoms with Gasteiger partial charge in [-0.05, 0) is 37.5 Å². The smallest absolute Gasteiger partial charge is 0.0315 e. The second-order valence-corrected chi connectivity index (χ2v) is 4.82. The van der Waals surface area contributed by atoms with Crippen LogP contribution in [0.3, 0.4) is 0 Å². The molecule has 0 amide bonds. The lowest BCUT2D eigenvalue weighted by atomic mass is 9.72. The number of hydrogen-bond donors (Lipinski definition) is 0. The SMILES string of the molecule is CCCC=C1CCC(C)(CC)CC1. The summed E-state index contributed by atoms with van der Waals surface area (Å²) in [5.41, 5.74) is 2.39. The summed E-state index contributed by atoms with van der Waals surface area (Å²) in [7, 11) is 0. The van der Waals surface area contributed by atoms with Crippen LogP contribution in [0.15, 0.2) is 11.6 Å². The molecule has 0 unspecified atom stereocenters. The molecule has 0 aromatic rings. The van der Waals surface area contributed by atoms with Crippen molar-refractivity contribution < 1.29 is 0 Å². The first-order valence-corrected chi connectivity index (χ1v) is 5.88. The van der Waals surface area contributed by atoms with Gasteiger partial charge in [0.25, 0.3) is 0 Å². The second kappa shape index (κ2) is 4.83. The summed E-state index contributed by atoms with van der Waals surface area (Å²) in [6, 6.07) is 0. The predicted octanol–water partition coefficient (Wildman–Crippen LogP) is 4.70. The van der Waals surface area contributed by atoms with Crippen LogP contribution < -0.4 is 0 Å². The topological polar surface area (TPSA) is 0 Å². The number of allylic oxidation sites excluding steroid dienone is 2. The molecule has 0 heterocycles. The first-order valence-electron chi connectivity index (χ1n) is 5.88. The highest BCUT2D eigenvalue weighted by molar-refractivity contribution is 5.06. The lowest BCUT2D eigenvalue weighted by molar-refractivity contribution is 0.236. The molecule has 1 aliphatic rings. The van der Waals surface area contributed by atoms with Crippen molar-refractivity contribution in [2.45, 2.75) is 65.7 Å². The molecule has 1 saturated carbocycles. The summed E-state index contributed by atoms with van der Waals surface area (Å²) >= 11 is 0. The van der Waals surface area contributed by atoms with Gasteiger partial charge in [-0.25, -0.2) is 0 Å². The summed E-state index contributed by atoms with van der Waals surface area (Å²) in [5.74, 6) is 0. The lowest BCUT2D eigenvalue weighted by Gasteiger charge is -2.33. The van der Waals surface area contributed by atoms with Crippen molar-refractivity contribution in [2.75, 3.05) is 0 Å². The molecule has 0 aromatic carbocycles. The van der Waals surface area contributed by atoms with Crippen molar-refractivity contribution in [3.05, 3.63) is 11.6 Å². The highest BCUT2D eigenvalue weighted by atomic mass is 14.3. The van der Waals surface area contributed by atoms with Crippen LogP contribution in [0.5, 0.6) is 0 Å². The maximum Gasteiger partial charge on any atom is -0.0315 e. The lowest BCUT2D eigenvalue weighted by Crippen LogP contribution is -2.19. The van der Waals surface area contributed by atoms with Gasteiger partial charge in [-0.1, -0.05) is 45.3 Å². The quantitative estimate of drug-likeness (QED) is 0.552. The van der Waals surface area contributed by atoms with Crippen LogP contribution in [0.1, 0.15) is 65.7 Å². The normalized spacial score (nSPS) is 29.0. The molecule has 13 heavy (non-hydrogen) atoms. The molecule has 0 nitrogen and oxygen atoms in total. The maximum atomic E-state index is 2.48. The molecule has 0 radical (unpaired) electrons. The minimum Gasteiger partial charge on any atom is -0.0853 e. The minimum absolute atomic E-state index is 0.656. The van der Waals surface area contributed by atoms with E-state index < -0.39 is 0 Å². The number of rotatable bonds is 3. The van der Waals surface area contributed by atoms with E-state index >= 15 is 0 Å². The Kier molecular flexibility index (Phi) is 4.02. The zero-order valence-corrected chi connectivity index (χ0v) is 9.53. The van der Waals surface area contributed by atoms with E-state index in [9.17, 15) is 0 Å². The zero-order valence-electron chi connectivity index (χ0n) is 9.53. The number of unbranched alkanes of at least 4 members (excludes halogenated alkanes) is 1. The Labute approximate surface area is 83.4 Å². The molecular formula is C13H24. The largest absolute Gasteiger partial charge is 0.0853 e. The predicted molar refractivity (Wildman–Crippen MR) is 59.9 cm³/mol. The van der Waals surface area contributed by atoms with Crippen molar-refractivity contribution in [3.8, 4) is 0 Å². The third-order valence-corrected chi connectivity index (χ3v) is 3.67. The summed E-state index contributed by atoms with van der Waals surface area (Å²) in [6.45, 7) is 7.04. The highest BCUT2D eigenvalue weighted by Crippen LogP contribution is 2.40. The maximum absolute atomic E-state index is 2.48. The monoisotopic (exact) mass is 180 g/mol. The minimum atomic E-state index is 0.656. The number of hydrogen-bond acceptors (Lipinski definition) is 0. The van der Waals surface area contributed by atoms with Gasteiger partial charge in [0.15, 0.2) is 0 Å². The van der Waals surface area contributed by atoms with Gasteiger partial charge in [0.05, 0.1) is 0 Å². The molecule has 0 spiro atoms. The average Bonchev–Trinajstić information content (AvgIpc) is 2.17. The standard InChI is InChI=1S/C13H24/c1-4-6-7-12-8-10-13(3,5-2)11-9-12/h7H,4-6,8-11H2,1-3H3. The third kappa shape index (κ3) is 3.17. The van der Waals surface area contributed by atoms with Crippen molar-refractivity contribution in [1.29, 1.82) is 0 Å². The van der Waals surface area contributed by atoms with E-state index in [1.165, 1.54) is 44.9 Å². The van der Waals surface area contributed by atoms with Crippen molar-refractivity contribution >= 4 is 0 Å². The fraction of sp³-hybridized carbons (Fsp3) is 0.846. The van der Waals surface area contributed by atoms with Gasteiger partial charge in [0.2, 0.25) is 0 Å². The van der Waals surface area contributed by atoms with Crippen LogP contribution in [-0.2, 0) is 0 Å². The molecule has 0 atom stereocenters. The van der Waals surface area contributed by atoms with Crippen LogP contribution in [0.25, 0.3) is 0 Å². The van der Waals surface area contributed by atoms with Gasteiger partial charge in [-0.15, -0.1) is 0 Å². The average molecular weight is 180 g/mol. The van der Waals surface area contributed by atoms with Crippen LogP contribution in [-0.4, -0.2) is 0 Å². The molecule has 0 saturated heterocycles. The fourth-order valence-electron chi connectivity index (χ4n) is 2.08. The van der Waals surface area contributed by atoms with Crippen LogP contribution in [0.4, 0.5) is 0 Å². The van der Waals surface area contributed by atoms with E-state index in [1.807, 2.05) is 0 Å². The first kappa shape index (κ1) is 10.8. The molecule has 1 fully saturated rings. The van der Waals surface area contributed by atoms with E-state index in [1.54, 1.807) is 5.57 Å². The van der Waals surface area contributed by atoms with Gasteiger partial charge >= 0.3 is 0 Å². The molecule has 0 aromatic heterocycles.